The molecule has 0 saturated heterocycles. The molecule has 1 aromatic rings. The van der Waals surface area contributed by atoms with E-state index >= 15 is 0 Å². The molecule has 2 atom stereocenters. The van der Waals surface area contributed by atoms with Crippen LogP contribution in [0.25, 0.3) is 0 Å². The molecule has 0 bridgehead atoms. The molecule has 0 spiro atoms. The Morgan fingerprint density at radius 3 is 2.91 bits per heavy atom. The van der Waals surface area contributed by atoms with Gasteiger partial charge in [0, 0.05) is 23.7 Å². The summed E-state index contributed by atoms with van der Waals surface area (Å²) in [6.07, 6.45) is 4.28. The minimum atomic E-state index is 0. The van der Waals surface area contributed by atoms with Gasteiger partial charge in [-0.1, -0.05) is 6.42 Å². The Morgan fingerprint density at radius 2 is 2.14 bits per heavy atom. The largest absolute Gasteiger partial charge is 0.330 e. The van der Waals surface area contributed by atoms with E-state index in [1.807, 2.05) is 18.2 Å². The maximum Gasteiger partial charge on any atom is 0.227 e. The fraction of sp³-hybridized carbons (Fsp3) is 0.500. The highest BCUT2D eigenvalue weighted by molar-refractivity contribution is 5.96. The van der Waals surface area contributed by atoms with Crippen LogP contribution in [-0.2, 0) is 16.0 Å². The van der Waals surface area contributed by atoms with E-state index in [2.05, 4.69) is 10.6 Å². The number of nitrogens with two attached hydrogens (primary N) is 1. The van der Waals surface area contributed by atoms with Crippen LogP contribution in [0.3, 0.4) is 0 Å². The Morgan fingerprint density at radius 1 is 1.32 bits per heavy atom. The SMILES string of the molecule is Cl.NC[C@H]1CCC[C@H]1C(=O)Nc1ccc2c(c1)CCC(=O)N2. The van der Waals surface area contributed by atoms with Gasteiger partial charge in [0.25, 0.3) is 0 Å². The van der Waals surface area contributed by atoms with E-state index in [1.54, 1.807) is 0 Å². The Labute approximate surface area is 136 Å². The van der Waals surface area contributed by atoms with Crippen LogP contribution in [0.1, 0.15) is 31.2 Å². The van der Waals surface area contributed by atoms with Crippen LogP contribution in [0.4, 0.5) is 11.4 Å². The first-order valence-electron chi connectivity index (χ1n) is 7.61. The van der Waals surface area contributed by atoms with Gasteiger partial charge in [-0.25, -0.2) is 0 Å². The van der Waals surface area contributed by atoms with Crippen LogP contribution in [0.5, 0.6) is 0 Å². The molecule has 0 unspecified atom stereocenters. The molecule has 1 heterocycles. The summed E-state index contributed by atoms with van der Waals surface area (Å²) in [7, 11) is 0. The van der Waals surface area contributed by atoms with Crippen molar-refractivity contribution in [2.45, 2.75) is 32.1 Å². The van der Waals surface area contributed by atoms with Crippen LogP contribution < -0.4 is 16.4 Å². The maximum atomic E-state index is 12.4. The Hall–Kier alpha value is -1.59. The lowest BCUT2D eigenvalue weighted by Gasteiger charge is -2.20. The summed E-state index contributed by atoms with van der Waals surface area (Å²) < 4.78 is 0. The minimum Gasteiger partial charge on any atom is -0.330 e. The van der Waals surface area contributed by atoms with E-state index in [9.17, 15) is 9.59 Å². The minimum absolute atomic E-state index is 0. The monoisotopic (exact) mass is 323 g/mol. The topological polar surface area (TPSA) is 84.2 Å². The quantitative estimate of drug-likeness (QED) is 0.798. The number of hydrogen-bond acceptors (Lipinski definition) is 3. The number of benzene rings is 1. The average Bonchev–Trinajstić information content (AvgIpc) is 2.96. The van der Waals surface area contributed by atoms with Crippen molar-refractivity contribution in [3.63, 3.8) is 0 Å². The Balaban J connectivity index is 0.00000176. The van der Waals surface area contributed by atoms with Crippen molar-refractivity contribution in [2.24, 2.45) is 17.6 Å². The summed E-state index contributed by atoms with van der Waals surface area (Å²) >= 11 is 0. The highest BCUT2D eigenvalue weighted by Crippen LogP contribution is 2.32. The molecule has 22 heavy (non-hydrogen) atoms. The predicted molar refractivity (Wildman–Crippen MR) is 89.2 cm³/mol. The molecule has 1 aliphatic heterocycles. The highest BCUT2D eigenvalue weighted by atomic mass is 35.5. The first-order valence-corrected chi connectivity index (χ1v) is 7.61. The number of anilines is 2. The number of carbonyl (C=O) groups excluding carboxylic acids is 2. The second-order valence-corrected chi connectivity index (χ2v) is 5.94. The summed E-state index contributed by atoms with van der Waals surface area (Å²) in [5, 5.41) is 5.85. The smallest absolute Gasteiger partial charge is 0.227 e. The van der Waals surface area contributed by atoms with Crippen molar-refractivity contribution < 1.29 is 9.59 Å². The molecule has 6 heteroatoms. The van der Waals surface area contributed by atoms with Crippen molar-refractivity contribution in [3.05, 3.63) is 23.8 Å². The number of aryl methyl sites for hydroxylation is 1. The molecule has 0 aromatic heterocycles. The third-order valence-corrected chi connectivity index (χ3v) is 4.57. The molecule has 3 rings (SSSR count). The molecule has 1 aromatic carbocycles. The van der Waals surface area contributed by atoms with Gasteiger partial charge in [-0.15, -0.1) is 12.4 Å². The molecule has 1 fully saturated rings. The van der Waals surface area contributed by atoms with Crippen LogP contribution >= 0.6 is 12.4 Å². The number of halogens is 1. The van der Waals surface area contributed by atoms with Crippen molar-refractivity contribution in [3.8, 4) is 0 Å². The lowest BCUT2D eigenvalue weighted by molar-refractivity contribution is -0.120. The number of amides is 2. The Kier molecular flexibility index (Phi) is 5.42. The summed E-state index contributed by atoms with van der Waals surface area (Å²) in [4.78, 5) is 23.7. The second-order valence-electron chi connectivity index (χ2n) is 5.94. The van der Waals surface area contributed by atoms with E-state index in [0.29, 0.717) is 18.9 Å². The van der Waals surface area contributed by atoms with E-state index in [-0.39, 0.29) is 30.1 Å². The lowest BCUT2D eigenvalue weighted by atomic mass is 9.95. The number of hydrogen-bond donors (Lipinski definition) is 3. The number of rotatable bonds is 3. The van der Waals surface area contributed by atoms with E-state index < -0.39 is 0 Å². The first-order chi connectivity index (χ1) is 10.2. The van der Waals surface area contributed by atoms with Crippen LogP contribution in [0, 0.1) is 11.8 Å². The van der Waals surface area contributed by atoms with Gasteiger partial charge in [0.1, 0.15) is 0 Å². The molecule has 2 amide bonds. The van der Waals surface area contributed by atoms with Gasteiger partial charge < -0.3 is 16.4 Å². The number of fused-ring (bicyclic) bond motifs is 1. The fourth-order valence-corrected chi connectivity index (χ4v) is 3.36. The zero-order chi connectivity index (χ0) is 14.8. The van der Waals surface area contributed by atoms with Gasteiger partial charge >= 0.3 is 0 Å². The van der Waals surface area contributed by atoms with Crippen LogP contribution in [-0.4, -0.2) is 18.4 Å². The zero-order valence-electron chi connectivity index (χ0n) is 12.4. The molecule has 5 nitrogen and oxygen atoms in total. The zero-order valence-corrected chi connectivity index (χ0v) is 13.2. The second kappa shape index (κ2) is 7.11. The van der Waals surface area contributed by atoms with Gasteiger partial charge in [-0.05, 0) is 55.5 Å². The molecule has 2 aliphatic rings. The average molecular weight is 324 g/mol. The molecule has 120 valence electrons. The summed E-state index contributed by atoms with van der Waals surface area (Å²) in [6, 6.07) is 5.66. The molecular formula is C16H22ClN3O2. The van der Waals surface area contributed by atoms with E-state index in [0.717, 1.165) is 42.6 Å². The van der Waals surface area contributed by atoms with E-state index in [4.69, 9.17) is 5.73 Å². The van der Waals surface area contributed by atoms with Gasteiger partial charge in [-0.2, -0.15) is 0 Å². The number of nitrogens with one attached hydrogen (secondary N) is 2. The summed E-state index contributed by atoms with van der Waals surface area (Å²) in [5.74, 6) is 0.464. The predicted octanol–water partition coefficient (Wildman–Crippen LogP) is 2.31. The maximum absolute atomic E-state index is 12.4. The standard InChI is InChI=1S/C16H21N3O2.ClH/c17-9-11-2-1-3-13(11)16(21)18-12-5-6-14-10(8-12)4-7-15(20)19-14;/h5-6,8,11,13H,1-4,7,9,17H2,(H,18,21)(H,19,20);1H/t11-,13-;/m1./s1. The molecule has 0 radical (unpaired) electrons. The Bertz CT molecular complexity index is 577. The van der Waals surface area contributed by atoms with Crippen molar-refractivity contribution in [2.75, 3.05) is 17.2 Å². The lowest BCUT2D eigenvalue weighted by Crippen LogP contribution is -2.29. The normalized spacial score (nSPS) is 23.2. The highest BCUT2D eigenvalue weighted by Gasteiger charge is 2.32. The molecular weight excluding hydrogens is 302 g/mol. The van der Waals surface area contributed by atoms with Gasteiger partial charge in [0.15, 0.2) is 0 Å². The van der Waals surface area contributed by atoms with Gasteiger partial charge in [0.05, 0.1) is 0 Å². The number of carbonyl (C=O) groups is 2. The first kappa shape index (κ1) is 16.8. The summed E-state index contributed by atoms with van der Waals surface area (Å²) in [6.45, 7) is 0.578. The third-order valence-electron chi connectivity index (χ3n) is 4.57. The van der Waals surface area contributed by atoms with Gasteiger partial charge in [-0.3, -0.25) is 9.59 Å². The van der Waals surface area contributed by atoms with Crippen molar-refractivity contribution >= 4 is 35.6 Å². The fourth-order valence-electron chi connectivity index (χ4n) is 3.36. The van der Waals surface area contributed by atoms with Gasteiger partial charge in [0.2, 0.25) is 11.8 Å². The van der Waals surface area contributed by atoms with Crippen LogP contribution in [0.2, 0.25) is 0 Å². The molecule has 1 saturated carbocycles. The van der Waals surface area contributed by atoms with Crippen molar-refractivity contribution in [1.82, 2.24) is 0 Å². The van der Waals surface area contributed by atoms with Crippen LogP contribution in [0.15, 0.2) is 18.2 Å². The third kappa shape index (κ3) is 3.42. The van der Waals surface area contributed by atoms with E-state index in [1.165, 1.54) is 0 Å². The molecule has 1 aliphatic carbocycles. The van der Waals surface area contributed by atoms with Crippen molar-refractivity contribution in [1.29, 1.82) is 0 Å². The molecule has 4 N–H and O–H groups in total. The summed E-state index contributed by atoms with van der Waals surface area (Å²) in [5.41, 5.74) is 8.47.